The Morgan fingerprint density at radius 2 is 1.96 bits per heavy atom. The van der Waals surface area contributed by atoms with E-state index >= 15 is 0 Å². The number of thiophene rings is 1. The molecule has 0 spiro atoms. The highest BCUT2D eigenvalue weighted by atomic mass is 32.1. The third-order valence-corrected chi connectivity index (χ3v) is 6.51. The van der Waals surface area contributed by atoms with E-state index in [4.69, 9.17) is 10.5 Å². The molecule has 0 atom stereocenters. The van der Waals surface area contributed by atoms with E-state index in [0.717, 1.165) is 45.0 Å². The highest BCUT2D eigenvalue weighted by molar-refractivity contribution is 7.09. The van der Waals surface area contributed by atoms with Crippen LogP contribution in [0.5, 0.6) is 0 Å². The van der Waals surface area contributed by atoms with Gasteiger partial charge in [0, 0.05) is 17.3 Å². The highest BCUT2D eigenvalue weighted by Crippen LogP contribution is 2.30. The van der Waals surface area contributed by atoms with Gasteiger partial charge in [-0.25, -0.2) is 0 Å². The zero-order valence-corrected chi connectivity index (χ0v) is 15.3. The molecule has 2 heterocycles. The van der Waals surface area contributed by atoms with Crippen LogP contribution in [0.2, 0.25) is 0 Å². The van der Waals surface area contributed by atoms with Crippen LogP contribution in [0.4, 0.5) is 0 Å². The van der Waals surface area contributed by atoms with Gasteiger partial charge in [-0.1, -0.05) is 6.07 Å². The summed E-state index contributed by atoms with van der Waals surface area (Å²) in [6, 6.07) is 4.41. The molecule has 0 aromatic carbocycles. The van der Waals surface area contributed by atoms with Gasteiger partial charge in [-0.05, 0) is 75.4 Å². The maximum atomic E-state index is 11.2. The molecule has 4 nitrogen and oxygen atoms in total. The summed E-state index contributed by atoms with van der Waals surface area (Å²) in [5.41, 5.74) is 5.38. The number of carbonyl (C=O) groups is 1. The minimum absolute atomic E-state index is 0.0841. The van der Waals surface area contributed by atoms with Crippen molar-refractivity contribution in [1.29, 1.82) is 0 Å². The Balaban J connectivity index is 1.27. The van der Waals surface area contributed by atoms with Crippen LogP contribution in [-0.2, 0) is 16.0 Å². The highest BCUT2D eigenvalue weighted by Gasteiger charge is 2.24. The zero-order chi connectivity index (χ0) is 16.8. The number of amides is 1. The SMILES string of the molecule is NC(=O)C1CCN(CCOC2CCC(Cc3cccs3)CC2)CC1. The van der Waals surface area contributed by atoms with Crippen molar-refractivity contribution in [1.82, 2.24) is 4.90 Å². The summed E-state index contributed by atoms with van der Waals surface area (Å²) in [6.45, 7) is 3.76. The molecule has 24 heavy (non-hydrogen) atoms. The Labute approximate surface area is 149 Å². The molecule has 1 saturated heterocycles. The third-order valence-electron chi connectivity index (χ3n) is 5.61. The maximum Gasteiger partial charge on any atom is 0.220 e. The number of piperidine rings is 1. The first-order valence-electron chi connectivity index (χ1n) is 9.36. The van der Waals surface area contributed by atoms with Crippen LogP contribution < -0.4 is 5.73 Å². The number of hydrogen-bond acceptors (Lipinski definition) is 4. The average Bonchev–Trinajstić information content (AvgIpc) is 3.10. The lowest BCUT2D eigenvalue weighted by Crippen LogP contribution is -2.40. The molecule has 1 aromatic heterocycles. The van der Waals surface area contributed by atoms with E-state index in [2.05, 4.69) is 22.4 Å². The molecule has 1 amide bonds. The summed E-state index contributed by atoms with van der Waals surface area (Å²) in [5, 5.41) is 2.18. The van der Waals surface area contributed by atoms with Gasteiger partial charge in [0.25, 0.3) is 0 Å². The van der Waals surface area contributed by atoms with Gasteiger partial charge in [0.05, 0.1) is 12.7 Å². The van der Waals surface area contributed by atoms with Gasteiger partial charge in [0.1, 0.15) is 0 Å². The molecule has 0 unspecified atom stereocenters. The topological polar surface area (TPSA) is 55.6 Å². The van der Waals surface area contributed by atoms with Gasteiger partial charge >= 0.3 is 0 Å². The predicted octanol–water partition coefficient (Wildman–Crippen LogP) is 3.06. The summed E-state index contributed by atoms with van der Waals surface area (Å²) in [7, 11) is 0. The molecular weight excluding hydrogens is 320 g/mol. The molecule has 0 radical (unpaired) electrons. The minimum atomic E-state index is -0.134. The number of primary amides is 1. The fourth-order valence-electron chi connectivity index (χ4n) is 4.01. The molecule has 2 N–H and O–H groups in total. The molecule has 134 valence electrons. The van der Waals surface area contributed by atoms with E-state index in [1.165, 1.54) is 37.0 Å². The van der Waals surface area contributed by atoms with Crippen molar-refractivity contribution >= 4 is 17.2 Å². The van der Waals surface area contributed by atoms with E-state index in [-0.39, 0.29) is 11.8 Å². The van der Waals surface area contributed by atoms with Gasteiger partial charge in [0.2, 0.25) is 5.91 Å². The Hall–Kier alpha value is -0.910. The average molecular weight is 351 g/mol. The molecule has 5 heteroatoms. The lowest BCUT2D eigenvalue weighted by Gasteiger charge is -2.32. The minimum Gasteiger partial charge on any atom is -0.377 e. The summed E-state index contributed by atoms with van der Waals surface area (Å²) in [6.07, 6.45) is 8.53. The van der Waals surface area contributed by atoms with Crippen molar-refractivity contribution in [2.24, 2.45) is 17.6 Å². The molecule has 2 fully saturated rings. The first-order chi connectivity index (χ1) is 11.7. The fourth-order valence-corrected chi connectivity index (χ4v) is 4.83. The van der Waals surface area contributed by atoms with Crippen LogP contribution in [0.15, 0.2) is 17.5 Å². The molecule has 1 aromatic rings. The van der Waals surface area contributed by atoms with Gasteiger partial charge in [-0.2, -0.15) is 0 Å². The largest absolute Gasteiger partial charge is 0.377 e. The number of nitrogens with zero attached hydrogens (tertiary/aromatic N) is 1. The fraction of sp³-hybridized carbons (Fsp3) is 0.737. The van der Waals surface area contributed by atoms with Crippen molar-refractivity contribution in [2.45, 2.75) is 51.0 Å². The van der Waals surface area contributed by atoms with Crippen molar-refractivity contribution in [3.63, 3.8) is 0 Å². The third kappa shape index (κ3) is 5.30. The maximum absolute atomic E-state index is 11.2. The lowest BCUT2D eigenvalue weighted by molar-refractivity contribution is -0.123. The number of nitrogens with two attached hydrogens (primary N) is 1. The molecule has 1 aliphatic carbocycles. The molecule has 2 aliphatic rings. The standard InChI is InChI=1S/C19H30N2O2S/c20-19(22)16-7-9-21(10-8-16)11-12-23-17-5-3-15(4-6-17)14-18-2-1-13-24-18/h1-2,13,15-17H,3-12,14H2,(H2,20,22). The molecule has 3 rings (SSSR count). The smallest absolute Gasteiger partial charge is 0.220 e. The Bertz CT molecular complexity index is 489. The van der Waals surface area contributed by atoms with Crippen molar-refractivity contribution in [3.05, 3.63) is 22.4 Å². The van der Waals surface area contributed by atoms with E-state index in [9.17, 15) is 4.79 Å². The van der Waals surface area contributed by atoms with Crippen molar-refractivity contribution in [2.75, 3.05) is 26.2 Å². The van der Waals surface area contributed by atoms with Crippen molar-refractivity contribution < 1.29 is 9.53 Å². The first kappa shape index (κ1) is 17.9. The Morgan fingerprint density at radius 3 is 2.58 bits per heavy atom. The van der Waals surface area contributed by atoms with E-state index in [0.29, 0.717) is 6.10 Å². The summed E-state index contributed by atoms with van der Waals surface area (Å²) in [5.74, 6) is 0.794. The Kier molecular flexibility index (Phi) is 6.69. The zero-order valence-electron chi connectivity index (χ0n) is 14.5. The van der Waals surface area contributed by atoms with Gasteiger partial charge in [-0.15, -0.1) is 11.3 Å². The van der Waals surface area contributed by atoms with Crippen LogP contribution in [0, 0.1) is 11.8 Å². The molecule has 1 aliphatic heterocycles. The van der Waals surface area contributed by atoms with Gasteiger partial charge in [-0.3, -0.25) is 4.79 Å². The molecule has 0 bridgehead atoms. The second-order valence-corrected chi connectivity index (χ2v) is 8.35. The van der Waals surface area contributed by atoms with Crippen molar-refractivity contribution in [3.8, 4) is 0 Å². The van der Waals surface area contributed by atoms with Crippen LogP contribution in [0.3, 0.4) is 0 Å². The Morgan fingerprint density at radius 1 is 1.21 bits per heavy atom. The lowest BCUT2D eigenvalue weighted by atomic mass is 9.85. The van der Waals surface area contributed by atoms with Crippen LogP contribution in [0.25, 0.3) is 0 Å². The van der Waals surface area contributed by atoms with Crippen LogP contribution in [0.1, 0.15) is 43.4 Å². The number of rotatable bonds is 7. The predicted molar refractivity (Wildman–Crippen MR) is 98.1 cm³/mol. The molecule has 1 saturated carbocycles. The summed E-state index contributed by atoms with van der Waals surface area (Å²) < 4.78 is 6.11. The number of likely N-dealkylation sites (tertiary alicyclic amines) is 1. The summed E-state index contributed by atoms with van der Waals surface area (Å²) >= 11 is 1.88. The monoisotopic (exact) mass is 350 g/mol. The molecular formula is C19H30N2O2S. The van der Waals surface area contributed by atoms with Gasteiger partial charge < -0.3 is 15.4 Å². The van der Waals surface area contributed by atoms with E-state index in [1.807, 2.05) is 11.3 Å². The second kappa shape index (κ2) is 8.97. The number of hydrogen-bond donors (Lipinski definition) is 1. The number of carbonyl (C=O) groups excluding carboxylic acids is 1. The summed E-state index contributed by atoms with van der Waals surface area (Å²) in [4.78, 5) is 15.1. The van der Waals surface area contributed by atoms with Gasteiger partial charge in [0.15, 0.2) is 0 Å². The van der Waals surface area contributed by atoms with Crippen LogP contribution >= 0.6 is 11.3 Å². The second-order valence-electron chi connectivity index (χ2n) is 7.32. The van der Waals surface area contributed by atoms with Crippen LogP contribution in [-0.4, -0.2) is 43.2 Å². The first-order valence-corrected chi connectivity index (χ1v) is 10.2. The number of ether oxygens (including phenoxy) is 1. The van der Waals surface area contributed by atoms with E-state index in [1.54, 1.807) is 0 Å². The van der Waals surface area contributed by atoms with E-state index < -0.39 is 0 Å². The quantitative estimate of drug-likeness (QED) is 0.822. The normalized spacial score (nSPS) is 26.5.